The first kappa shape index (κ1) is 36.6. The van der Waals surface area contributed by atoms with Gasteiger partial charge in [0.1, 0.15) is 23.9 Å². The molecule has 2 aliphatic carbocycles. The Balaban J connectivity index is 1.26. The Hall–Kier alpha value is -5.37. The van der Waals surface area contributed by atoms with E-state index in [2.05, 4.69) is 30.9 Å². The van der Waals surface area contributed by atoms with E-state index in [4.69, 9.17) is 4.98 Å². The maximum atomic E-state index is 15.3. The zero-order valence-corrected chi connectivity index (χ0v) is 29.8. The summed E-state index contributed by atoms with van der Waals surface area (Å²) in [5.41, 5.74) is -3.03. The number of carbonyl (C=O) groups excluding carboxylic acids is 1. The molecule has 20 heteroatoms. The van der Waals surface area contributed by atoms with Crippen LogP contribution in [0.25, 0.3) is 27.1 Å². The fourth-order valence-electron chi connectivity index (χ4n) is 7.30. The van der Waals surface area contributed by atoms with Crippen LogP contribution in [0.4, 0.5) is 35.9 Å². The van der Waals surface area contributed by atoms with Crippen molar-refractivity contribution >= 4 is 38.4 Å². The van der Waals surface area contributed by atoms with E-state index in [1.54, 1.807) is 39.0 Å². The third-order valence-corrected chi connectivity index (χ3v) is 10.7. The number of carbonyl (C=O) groups is 1. The van der Waals surface area contributed by atoms with E-state index in [9.17, 15) is 36.6 Å². The maximum absolute atomic E-state index is 15.3. The second-order valence-corrected chi connectivity index (χ2v) is 15.5. The number of hydrogen-bond donors (Lipinski definition) is 4. The summed E-state index contributed by atoms with van der Waals surface area (Å²) in [6.45, 7) is 3.88. The van der Waals surface area contributed by atoms with Crippen molar-refractivity contribution in [3.63, 3.8) is 0 Å². The molecular weight excluding hydrogens is 759 g/mol. The summed E-state index contributed by atoms with van der Waals surface area (Å²) in [5.74, 6) is -8.92. The topological polar surface area (TPSA) is 155 Å². The molecule has 0 radical (unpaired) electrons. The number of halogens is 7. The number of anilines is 1. The van der Waals surface area contributed by atoms with Crippen LogP contribution in [0.2, 0.25) is 0 Å². The molecule has 4 N–H and O–H groups in total. The summed E-state index contributed by atoms with van der Waals surface area (Å²) in [5, 5.41) is 26.1. The van der Waals surface area contributed by atoms with Crippen molar-refractivity contribution in [2.75, 3.05) is 11.9 Å². The maximum Gasteiger partial charge on any atom is 0.435 e. The van der Waals surface area contributed by atoms with E-state index < -0.39 is 82.3 Å². The number of aliphatic hydroxyl groups is 1. The van der Waals surface area contributed by atoms with Crippen LogP contribution >= 0.6 is 11.3 Å². The minimum atomic E-state index is -5.05. The van der Waals surface area contributed by atoms with Gasteiger partial charge in [-0.05, 0) is 75.4 Å². The minimum absolute atomic E-state index is 0.0469. The van der Waals surface area contributed by atoms with Gasteiger partial charge in [0.05, 0.1) is 22.0 Å². The molecule has 0 bridgehead atoms. The molecule has 6 aromatic rings. The summed E-state index contributed by atoms with van der Waals surface area (Å²) in [7, 11) is 0. The molecule has 1 unspecified atom stereocenters. The van der Waals surface area contributed by atoms with E-state index >= 15 is 8.78 Å². The number of H-pyrrole nitrogens is 1. The Bertz CT molecular complexity index is 2570. The predicted octanol–water partition coefficient (Wildman–Crippen LogP) is 5.99. The molecule has 288 valence electrons. The lowest BCUT2D eigenvalue weighted by molar-refractivity contribution is -0.142. The molecule has 0 aliphatic heterocycles. The van der Waals surface area contributed by atoms with Crippen LogP contribution in [0.1, 0.15) is 66.1 Å². The number of aromatic nitrogens is 7. The highest BCUT2D eigenvalue weighted by Crippen LogP contribution is 2.68. The Labute approximate surface area is 309 Å². The molecule has 55 heavy (non-hydrogen) atoms. The molecule has 0 saturated heterocycles. The van der Waals surface area contributed by atoms with Gasteiger partial charge in [-0.2, -0.15) is 32.1 Å². The van der Waals surface area contributed by atoms with Gasteiger partial charge in [-0.25, -0.2) is 33.0 Å². The van der Waals surface area contributed by atoms with Crippen LogP contribution in [0, 0.1) is 24.5 Å². The van der Waals surface area contributed by atoms with E-state index in [0.29, 0.717) is 37.4 Å². The van der Waals surface area contributed by atoms with Gasteiger partial charge in [0, 0.05) is 40.9 Å². The van der Waals surface area contributed by atoms with E-state index in [0.717, 1.165) is 12.1 Å². The average molecular weight is 790 g/mol. The monoisotopic (exact) mass is 789 g/mol. The third kappa shape index (κ3) is 6.59. The molecule has 3 atom stereocenters. The smallest absolute Gasteiger partial charge is 0.389 e. The van der Waals surface area contributed by atoms with Gasteiger partial charge in [-0.15, -0.1) is 0 Å². The largest absolute Gasteiger partial charge is 0.435 e. The van der Waals surface area contributed by atoms with Gasteiger partial charge in [-0.3, -0.25) is 9.48 Å². The lowest BCUT2D eigenvalue weighted by Gasteiger charge is -2.23. The van der Waals surface area contributed by atoms with Gasteiger partial charge < -0.3 is 15.7 Å². The summed E-state index contributed by atoms with van der Waals surface area (Å²) < 4.78 is 104. The van der Waals surface area contributed by atoms with Gasteiger partial charge >= 0.3 is 11.9 Å². The fourth-order valence-corrected chi connectivity index (χ4v) is 8.15. The Kier molecular flexibility index (Phi) is 8.37. The standard InChI is InChI=1S/C35H30F7N9O3S/c1-14-18(4-5-24-47-48-32(53)51(14)24)19-11-23-30(46-31(55-23)43-13-33(2,3)54)45-27(19)22(8-15-6-16(36)9-17(37)7-15)44-25(52)12-50-29-26(28(49-50)35(40,41)42)20-10-21(20)34(29,38)39/h4-7,9,11,20-22,54H,8,10,12-13H2,1-3H3,(H,44,52)(H,48,53)(H,43,45,46)/t20?,21-,22+/m1/s1. The molecule has 5 heterocycles. The number of nitrogens with one attached hydrogen (secondary N) is 3. The average Bonchev–Trinajstić information content (AvgIpc) is 3.31. The molecule has 2 aliphatic rings. The number of fused-ring (bicyclic) bond motifs is 5. The van der Waals surface area contributed by atoms with Crippen molar-refractivity contribution in [3.8, 4) is 11.1 Å². The second kappa shape index (κ2) is 12.6. The summed E-state index contributed by atoms with van der Waals surface area (Å²) in [6, 6.07) is 6.25. The highest BCUT2D eigenvalue weighted by Gasteiger charge is 2.68. The zero-order valence-electron chi connectivity index (χ0n) is 29.0. The van der Waals surface area contributed by atoms with Crippen LogP contribution in [-0.2, 0) is 29.9 Å². The number of pyridine rings is 2. The third-order valence-electron chi connectivity index (χ3n) is 9.72. The molecule has 1 amide bonds. The van der Waals surface area contributed by atoms with Gasteiger partial charge in [-0.1, -0.05) is 11.3 Å². The van der Waals surface area contributed by atoms with Crippen LogP contribution in [0.5, 0.6) is 0 Å². The predicted molar refractivity (Wildman–Crippen MR) is 185 cm³/mol. The second-order valence-electron chi connectivity index (χ2n) is 14.4. The van der Waals surface area contributed by atoms with Crippen molar-refractivity contribution in [1.29, 1.82) is 0 Å². The van der Waals surface area contributed by atoms with E-state index in [1.165, 1.54) is 15.7 Å². The number of benzene rings is 1. The first-order chi connectivity index (χ1) is 25.8. The molecule has 1 fully saturated rings. The Morgan fingerprint density at radius 1 is 1.11 bits per heavy atom. The summed E-state index contributed by atoms with van der Waals surface area (Å²) in [4.78, 5) is 35.9. The van der Waals surface area contributed by atoms with E-state index in [1.807, 2.05) is 0 Å². The van der Waals surface area contributed by atoms with Crippen molar-refractivity contribution in [2.24, 2.45) is 5.92 Å². The lowest BCUT2D eigenvalue weighted by Crippen LogP contribution is -2.35. The first-order valence-corrected chi connectivity index (χ1v) is 17.8. The minimum Gasteiger partial charge on any atom is -0.389 e. The highest BCUT2D eigenvalue weighted by atomic mass is 32.1. The van der Waals surface area contributed by atoms with Crippen molar-refractivity contribution < 1.29 is 40.6 Å². The molecule has 12 nitrogen and oxygen atoms in total. The zero-order chi connectivity index (χ0) is 39.4. The Morgan fingerprint density at radius 3 is 2.53 bits per heavy atom. The van der Waals surface area contributed by atoms with Crippen molar-refractivity contribution in [1.82, 2.24) is 39.7 Å². The van der Waals surface area contributed by atoms with Crippen molar-refractivity contribution in [2.45, 2.75) is 69.8 Å². The molecule has 1 aromatic carbocycles. The molecule has 8 rings (SSSR count). The van der Waals surface area contributed by atoms with Gasteiger partial charge in [0.25, 0.3) is 5.92 Å². The normalized spacial score (nSPS) is 18.1. The van der Waals surface area contributed by atoms with Crippen LogP contribution in [0.3, 0.4) is 0 Å². The SMILES string of the molecule is Cc1c(-c2cc3sc(NCC(C)(C)O)nc3nc2[C@H](Cc2cc(F)cc(F)c2)NC(=O)Cn2nc(C(F)(F)F)c3c2C(F)(F)[C@@H]2CC32)ccc2n[nH]c(=O)n12. The number of aryl methyl sites for hydroxylation is 1. The van der Waals surface area contributed by atoms with E-state index in [-0.39, 0.29) is 41.9 Å². The number of amides is 1. The number of rotatable bonds is 10. The number of nitrogens with zero attached hydrogens (tertiary/aromatic N) is 6. The lowest BCUT2D eigenvalue weighted by atomic mass is 9.94. The molecule has 1 saturated carbocycles. The quantitative estimate of drug-likeness (QED) is 0.124. The van der Waals surface area contributed by atoms with Crippen LogP contribution < -0.4 is 16.3 Å². The summed E-state index contributed by atoms with van der Waals surface area (Å²) in [6.07, 6.45) is -5.52. The van der Waals surface area contributed by atoms with Gasteiger partial charge in [0.15, 0.2) is 22.1 Å². The van der Waals surface area contributed by atoms with Gasteiger partial charge in [0.2, 0.25) is 5.91 Å². The van der Waals surface area contributed by atoms with Crippen LogP contribution in [-0.4, -0.2) is 57.5 Å². The van der Waals surface area contributed by atoms with Crippen LogP contribution in [0.15, 0.2) is 41.2 Å². The Morgan fingerprint density at radius 2 is 1.84 bits per heavy atom. The first-order valence-electron chi connectivity index (χ1n) is 16.9. The molecule has 0 spiro atoms. The highest BCUT2D eigenvalue weighted by molar-refractivity contribution is 7.22. The summed E-state index contributed by atoms with van der Waals surface area (Å²) >= 11 is 1.18. The number of alkyl halides is 5. The molecule has 5 aromatic heterocycles. The fraction of sp³-hybridized carbons (Fsp3) is 0.371. The molecular formula is C35H30F7N9O3S. The number of thiazole rings is 1. The number of hydrogen-bond acceptors (Lipinski definition) is 9. The van der Waals surface area contributed by atoms with Crippen molar-refractivity contribution in [3.05, 3.63) is 92.4 Å². The number of aromatic amines is 1.